The molecule has 2 aliphatic heterocycles. The van der Waals surface area contributed by atoms with Crippen LogP contribution in [0.25, 0.3) is 11.0 Å². The van der Waals surface area contributed by atoms with Gasteiger partial charge in [0.2, 0.25) is 11.8 Å². The minimum Gasteiger partial charge on any atom is -0.345 e. The Labute approximate surface area is 147 Å². The van der Waals surface area contributed by atoms with E-state index in [4.69, 9.17) is 4.98 Å². The summed E-state index contributed by atoms with van der Waals surface area (Å²) in [6, 6.07) is 6.14. The number of amides is 2. The Hall–Kier alpha value is -2.37. The van der Waals surface area contributed by atoms with E-state index in [9.17, 15) is 9.59 Å². The third-order valence-electron chi connectivity index (χ3n) is 5.45. The van der Waals surface area contributed by atoms with Gasteiger partial charge in [-0.15, -0.1) is 0 Å². The van der Waals surface area contributed by atoms with Gasteiger partial charge in [-0.25, -0.2) is 4.98 Å². The Balaban J connectivity index is 1.62. The normalized spacial score (nSPS) is 24.3. The van der Waals surface area contributed by atoms with E-state index in [2.05, 4.69) is 24.0 Å². The summed E-state index contributed by atoms with van der Waals surface area (Å²) in [6.07, 6.45) is 3.35. The number of hydrogen-bond donors (Lipinski definition) is 1. The van der Waals surface area contributed by atoms with Crippen LogP contribution in [0.3, 0.4) is 0 Å². The molecule has 132 valence electrons. The van der Waals surface area contributed by atoms with Crippen LogP contribution in [0.1, 0.15) is 43.1 Å². The first kappa shape index (κ1) is 16.1. The molecular formula is C19H24N4O2. The van der Waals surface area contributed by atoms with Crippen molar-refractivity contribution in [2.75, 3.05) is 20.1 Å². The molecule has 2 saturated heterocycles. The lowest BCUT2D eigenvalue weighted by Gasteiger charge is -2.36. The van der Waals surface area contributed by atoms with Gasteiger partial charge in [-0.3, -0.25) is 9.59 Å². The van der Waals surface area contributed by atoms with Crippen molar-refractivity contribution in [3.63, 3.8) is 0 Å². The van der Waals surface area contributed by atoms with Gasteiger partial charge in [-0.2, -0.15) is 0 Å². The highest BCUT2D eigenvalue weighted by atomic mass is 16.2. The van der Waals surface area contributed by atoms with E-state index in [1.54, 1.807) is 11.9 Å². The standard InChI is InChI=1S/C19H24N4O2/c1-12-6-7-14-15(9-12)21-18(20-14)16-5-3-4-8-23(16)19(25)13-10-17(24)22(2)11-13/h6-7,9,13,16H,3-5,8,10-11H2,1-2H3,(H,20,21). The third-order valence-corrected chi connectivity index (χ3v) is 5.45. The summed E-state index contributed by atoms with van der Waals surface area (Å²) in [7, 11) is 1.77. The van der Waals surface area contributed by atoms with Crippen LogP contribution in [0.2, 0.25) is 0 Å². The number of piperidine rings is 1. The lowest BCUT2D eigenvalue weighted by molar-refractivity contribution is -0.139. The van der Waals surface area contributed by atoms with Crippen LogP contribution in [0.5, 0.6) is 0 Å². The minimum atomic E-state index is -0.218. The predicted octanol–water partition coefficient (Wildman–Crippen LogP) is 2.40. The minimum absolute atomic E-state index is 0.0186. The molecule has 3 heterocycles. The number of imidazole rings is 1. The number of fused-ring (bicyclic) bond motifs is 1. The molecule has 6 heteroatoms. The fraction of sp³-hybridized carbons (Fsp3) is 0.526. The molecule has 2 aromatic rings. The van der Waals surface area contributed by atoms with Crippen LogP contribution in [0.4, 0.5) is 0 Å². The highest BCUT2D eigenvalue weighted by Gasteiger charge is 2.38. The number of carbonyl (C=O) groups is 2. The smallest absolute Gasteiger partial charge is 0.228 e. The topological polar surface area (TPSA) is 69.3 Å². The zero-order valence-corrected chi connectivity index (χ0v) is 14.8. The summed E-state index contributed by atoms with van der Waals surface area (Å²) in [5.74, 6) is 0.807. The summed E-state index contributed by atoms with van der Waals surface area (Å²) in [5.41, 5.74) is 3.14. The first-order chi connectivity index (χ1) is 12.0. The number of H-pyrrole nitrogens is 1. The van der Waals surface area contributed by atoms with Gasteiger partial charge >= 0.3 is 0 Å². The van der Waals surface area contributed by atoms with Crippen molar-refractivity contribution >= 4 is 22.8 Å². The van der Waals surface area contributed by atoms with Gasteiger partial charge < -0.3 is 14.8 Å². The van der Waals surface area contributed by atoms with E-state index < -0.39 is 0 Å². The molecule has 0 radical (unpaired) electrons. The van der Waals surface area contributed by atoms with Crippen molar-refractivity contribution in [1.82, 2.24) is 19.8 Å². The Morgan fingerprint density at radius 2 is 2.16 bits per heavy atom. The van der Waals surface area contributed by atoms with Gasteiger partial charge in [0.1, 0.15) is 5.82 Å². The summed E-state index contributed by atoms with van der Waals surface area (Å²) in [6.45, 7) is 3.33. The van der Waals surface area contributed by atoms with E-state index in [1.807, 2.05) is 11.0 Å². The summed E-state index contributed by atoms with van der Waals surface area (Å²) in [4.78, 5) is 36.6. The number of nitrogens with one attached hydrogen (secondary N) is 1. The quantitative estimate of drug-likeness (QED) is 0.913. The lowest BCUT2D eigenvalue weighted by atomic mass is 9.98. The van der Waals surface area contributed by atoms with E-state index in [0.717, 1.165) is 42.7 Å². The lowest BCUT2D eigenvalue weighted by Crippen LogP contribution is -2.42. The Morgan fingerprint density at radius 3 is 2.92 bits per heavy atom. The van der Waals surface area contributed by atoms with Gasteiger partial charge in [0.05, 0.1) is 23.0 Å². The Bertz CT molecular complexity index is 828. The summed E-state index contributed by atoms with van der Waals surface area (Å²) in [5, 5.41) is 0. The number of carbonyl (C=O) groups excluding carboxylic acids is 2. The second-order valence-electron chi connectivity index (χ2n) is 7.36. The zero-order chi connectivity index (χ0) is 17.6. The Kier molecular flexibility index (Phi) is 3.98. The highest BCUT2D eigenvalue weighted by molar-refractivity contribution is 5.89. The molecule has 2 fully saturated rings. The molecule has 2 aliphatic rings. The van der Waals surface area contributed by atoms with Crippen LogP contribution >= 0.6 is 0 Å². The van der Waals surface area contributed by atoms with Crippen LogP contribution in [0, 0.1) is 12.8 Å². The van der Waals surface area contributed by atoms with Crippen LogP contribution in [-0.4, -0.2) is 51.7 Å². The SMILES string of the molecule is Cc1ccc2nc(C3CCCCN3C(=O)C3CC(=O)N(C)C3)[nH]c2c1. The van der Waals surface area contributed by atoms with Crippen molar-refractivity contribution < 1.29 is 9.59 Å². The molecule has 0 aliphatic carbocycles. The highest BCUT2D eigenvalue weighted by Crippen LogP contribution is 2.33. The number of benzene rings is 1. The Morgan fingerprint density at radius 1 is 1.32 bits per heavy atom. The monoisotopic (exact) mass is 340 g/mol. The van der Waals surface area contributed by atoms with Gasteiger partial charge in [0.25, 0.3) is 0 Å². The number of hydrogen-bond acceptors (Lipinski definition) is 3. The number of rotatable bonds is 2. The molecule has 2 amide bonds. The van der Waals surface area contributed by atoms with Crippen LogP contribution < -0.4 is 0 Å². The van der Waals surface area contributed by atoms with Crippen LogP contribution in [-0.2, 0) is 9.59 Å². The van der Waals surface area contributed by atoms with Gasteiger partial charge in [0.15, 0.2) is 0 Å². The molecule has 0 bridgehead atoms. The second-order valence-corrected chi connectivity index (χ2v) is 7.36. The van der Waals surface area contributed by atoms with Gasteiger partial charge in [-0.1, -0.05) is 6.07 Å². The predicted molar refractivity (Wildman–Crippen MR) is 94.9 cm³/mol. The molecule has 1 aromatic carbocycles. The molecule has 25 heavy (non-hydrogen) atoms. The molecule has 6 nitrogen and oxygen atoms in total. The molecule has 4 rings (SSSR count). The van der Waals surface area contributed by atoms with Crippen LogP contribution in [0.15, 0.2) is 18.2 Å². The molecule has 2 atom stereocenters. The molecule has 0 saturated carbocycles. The van der Waals surface area contributed by atoms with Gasteiger partial charge in [0, 0.05) is 26.6 Å². The number of aryl methyl sites for hydroxylation is 1. The average molecular weight is 340 g/mol. The van der Waals surface area contributed by atoms with Crippen molar-refractivity contribution in [3.05, 3.63) is 29.6 Å². The van der Waals surface area contributed by atoms with Crippen molar-refractivity contribution in [2.45, 2.75) is 38.6 Å². The average Bonchev–Trinajstić information content (AvgIpc) is 3.17. The zero-order valence-electron chi connectivity index (χ0n) is 14.8. The van der Waals surface area contributed by atoms with E-state index >= 15 is 0 Å². The number of likely N-dealkylation sites (tertiary alicyclic amines) is 2. The number of nitrogens with zero attached hydrogens (tertiary/aromatic N) is 3. The summed E-state index contributed by atoms with van der Waals surface area (Å²) < 4.78 is 0. The maximum absolute atomic E-state index is 13.0. The fourth-order valence-corrected chi connectivity index (χ4v) is 4.04. The molecule has 0 spiro atoms. The summed E-state index contributed by atoms with van der Waals surface area (Å²) >= 11 is 0. The number of aromatic nitrogens is 2. The third kappa shape index (κ3) is 2.90. The molecule has 2 unspecified atom stereocenters. The number of aromatic amines is 1. The molecule has 1 N–H and O–H groups in total. The van der Waals surface area contributed by atoms with E-state index in [0.29, 0.717) is 13.0 Å². The first-order valence-electron chi connectivity index (χ1n) is 9.03. The van der Waals surface area contributed by atoms with Crippen molar-refractivity contribution in [2.24, 2.45) is 5.92 Å². The molecular weight excluding hydrogens is 316 g/mol. The van der Waals surface area contributed by atoms with E-state index in [1.165, 1.54) is 5.56 Å². The van der Waals surface area contributed by atoms with Crippen molar-refractivity contribution in [3.8, 4) is 0 Å². The van der Waals surface area contributed by atoms with Gasteiger partial charge in [-0.05, 0) is 43.9 Å². The second kappa shape index (κ2) is 6.17. The van der Waals surface area contributed by atoms with E-state index in [-0.39, 0.29) is 23.8 Å². The first-order valence-corrected chi connectivity index (χ1v) is 9.03. The van der Waals surface area contributed by atoms with Crippen molar-refractivity contribution in [1.29, 1.82) is 0 Å². The molecule has 1 aromatic heterocycles. The maximum Gasteiger partial charge on any atom is 0.228 e. The largest absolute Gasteiger partial charge is 0.345 e. The maximum atomic E-state index is 13.0. The fourth-order valence-electron chi connectivity index (χ4n) is 4.04.